The van der Waals surface area contributed by atoms with E-state index in [1.807, 2.05) is 13.8 Å². The van der Waals surface area contributed by atoms with E-state index in [0.29, 0.717) is 28.6 Å². The van der Waals surface area contributed by atoms with Crippen LogP contribution in [-0.4, -0.2) is 22.8 Å². The molecule has 0 aliphatic heterocycles. The molecule has 5 aliphatic rings. The number of fused-ring (bicyclic) bond motifs is 7. The topological polar surface area (TPSA) is 57.5 Å². The minimum atomic E-state index is -0.506. The Balaban J connectivity index is 0.000000748. The van der Waals surface area contributed by atoms with Gasteiger partial charge in [0.15, 0.2) is 0 Å². The third kappa shape index (κ3) is 4.53. The second-order valence-electron chi connectivity index (χ2n) is 14.7. The molecule has 5 fully saturated rings. The molecule has 3 nitrogen and oxygen atoms in total. The van der Waals surface area contributed by atoms with E-state index in [1.165, 1.54) is 50.5 Å². The number of carboxylic acid groups (broad SMARTS) is 1. The monoisotopic (exact) mass is 530 g/mol. The SMILES string of the molecule is C=C(C)C1CCC2(C(=O)O)CCC3(C)C(CCC4C5(C)CC(C)CC(CC)C5CCC43C)C12.CC.CCO. The Bertz CT molecular complexity index is 850. The van der Waals surface area contributed by atoms with Crippen molar-refractivity contribution in [2.24, 2.45) is 63.1 Å². The summed E-state index contributed by atoms with van der Waals surface area (Å²) in [5.74, 6) is 4.17. The van der Waals surface area contributed by atoms with E-state index in [9.17, 15) is 9.90 Å². The first-order chi connectivity index (χ1) is 17.9. The first kappa shape index (κ1) is 31.7. The fraction of sp³-hybridized carbons (Fsp3) is 0.914. The van der Waals surface area contributed by atoms with Gasteiger partial charge in [0.25, 0.3) is 0 Å². The molecule has 0 saturated heterocycles. The normalized spacial score (nSPS) is 48.9. The number of hydrogen-bond donors (Lipinski definition) is 2. The molecule has 38 heavy (non-hydrogen) atoms. The third-order valence-electron chi connectivity index (χ3n) is 13.4. The van der Waals surface area contributed by atoms with Crippen molar-refractivity contribution < 1.29 is 15.0 Å². The van der Waals surface area contributed by atoms with Crippen LogP contribution >= 0.6 is 0 Å². The number of hydrogen-bond acceptors (Lipinski definition) is 2. The lowest BCUT2D eigenvalue weighted by atomic mass is 9.33. The summed E-state index contributed by atoms with van der Waals surface area (Å²) < 4.78 is 0. The lowest BCUT2D eigenvalue weighted by Crippen LogP contribution is -2.65. The molecule has 0 aromatic heterocycles. The number of carboxylic acids is 1. The number of aliphatic hydroxyl groups excluding tert-OH is 1. The highest BCUT2D eigenvalue weighted by Gasteiger charge is 2.71. The number of allylic oxidation sites excluding steroid dienone is 1. The van der Waals surface area contributed by atoms with Crippen LogP contribution in [0, 0.1) is 63.1 Å². The van der Waals surface area contributed by atoms with E-state index < -0.39 is 11.4 Å². The van der Waals surface area contributed by atoms with Crippen molar-refractivity contribution in [3.8, 4) is 0 Å². The van der Waals surface area contributed by atoms with Crippen LogP contribution in [-0.2, 0) is 4.79 Å². The van der Waals surface area contributed by atoms with Crippen LogP contribution < -0.4 is 0 Å². The van der Waals surface area contributed by atoms with Gasteiger partial charge in [-0.3, -0.25) is 4.79 Å². The third-order valence-corrected chi connectivity index (χ3v) is 13.4. The fourth-order valence-corrected chi connectivity index (χ4v) is 11.9. The predicted molar refractivity (Wildman–Crippen MR) is 160 cm³/mol. The van der Waals surface area contributed by atoms with Gasteiger partial charge < -0.3 is 10.2 Å². The van der Waals surface area contributed by atoms with Crippen LogP contribution in [0.3, 0.4) is 0 Å². The van der Waals surface area contributed by atoms with Crippen molar-refractivity contribution in [2.45, 2.75) is 133 Å². The zero-order chi connectivity index (χ0) is 28.7. The summed E-state index contributed by atoms with van der Waals surface area (Å²) in [7, 11) is 0. The molecule has 0 bridgehead atoms. The molecule has 5 rings (SSSR count). The molecule has 0 aromatic carbocycles. The maximum absolute atomic E-state index is 12.8. The van der Waals surface area contributed by atoms with Crippen molar-refractivity contribution in [2.75, 3.05) is 6.61 Å². The van der Waals surface area contributed by atoms with Gasteiger partial charge in [0.05, 0.1) is 5.41 Å². The number of carbonyl (C=O) groups is 1. The quantitative estimate of drug-likeness (QED) is 0.357. The highest BCUT2D eigenvalue weighted by Crippen LogP contribution is 2.77. The van der Waals surface area contributed by atoms with Gasteiger partial charge in [0.2, 0.25) is 0 Å². The van der Waals surface area contributed by atoms with E-state index in [2.05, 4.69) is 48.1 Å². The van der Waals surface area contributed by atoms with Crippen LogP contribution in [0.4, 0.5) is 0 Å². The molecule has 220 valence electrons. The smallest absolute Gasteiger partial charge is 0.309 e. The maximum Gasteiger partial charge on any atom is 0.309 e. The Hall–Kier alpha value is -0.830. The Kier molecular flexibility index (Phi) is 9.65. The number of aliphatic hydroxyl groups is 1. The van der Waals surface area contributed by atoms with Crippen LogP contribution in [0.25, 0.3) is 0 Å². The second-order valence-corrected chi connectivity index (χ2v) is 14.7. The Morgan fingerprint density at radius 2 is 1.55 bits per heavy atom. The largest absolute Gasteiger partial charge is 0.481 e. The average Bonchev–Trinajstić information content (AvgIpc) is 3.27. The van der Waals surface area contributed by atoms with Crippen molar-refractivity contribution >= 4 is 5.97 Å². The molecular formula is C35H62O3. The van der Waals surface area contributed by atoms with Gasteiger partial charge in [-0.1, -0.05) is 67.0 Å². The molecule has 0 spiro atoms. The van der Waals surface area contributed by atoms with Crippen LogP contribution in [0.5, 0.6) is 0 Å². The highest BCUT2D eigenvalue weighted by atomic mass is 16.4. The molecule has 5 aliphatic carbocycles. The molecule has 5 saturated carbocycles. The minimum Gasteiger partial charge on any atom is -0.481 e. The average molecular weight is 531 g/mol. The summed E-state index contributed by atoms with van der Waals surface area (Å²) in [5.41, 5.74) is 1.80. The summed E-state index contributed by atoms with van der Waals surface area (Å²) in [6, 6.07) is 0. The standard InChI is InChI=1S/C31H50O2.C2H6O.C2H6/c1-8-21-17-20(4)18-28(5)23(21)12-13-30(7)25(28)10-9-24-26-22(19(2)3)11-14-31(26,27(32)33)16-15-29(24,30)6;1-2-3;1-2/h20-26H,2,8-18H2,1,3-7H3,(H,32,33);3H,2H2,1H3;1-2H3. The fourth-order valence-electron chi connectivity index (χ4n) is 11.9. The zero-order valence-corrected chi connectivity index (χ0v) is 26.5. The van der Waals surface area contributed by atoms with Gasteiger partial charge in [-0.25, -0.2) is 0 Å². The van der Waals surface area contributed by atoms with E-state index in [1.54, 1.807) is 6.92 Å². The molecular weight excluding hydrogens is 468 g/mol. The van der Waals surface area contributed by atoms with Gasteiger partial charge in [-0.15, -0.1) is 0 Å². The summed E-state index contributed by atoms with van der Waals surface area (Å²) in [6.07, 6.45) is 13.4. The lowest BCUT2D eigenvalue weighted by molar-refractivity contribution is -0.234. The zero-order valence-electron chi connectivity index (χ0n) is 26.5. The summed E-state index contributed by atoms with van der Waals surface area (Å²) in [4.78, 5) is 12.8. The van der Waals surface area contributed by atoms with Crippen molar-refractivity contribution in [1.82, 2.24) is 0 Å². The van der Waals surface area contributed by atoms with Gasteiger partial charge in [0.1, 0.15) is 0 Å². The first-order valence-electron chi connectivity index (χ1n) is 16.4. The van der Waals surface area contributed by atoms with Gasteiger partial charge in [0, 0.05) is 6.61 Å². The molecule has 0 aromatic rings. The van der Waals surface area contributed by atoms with Crippen molar-refractivity contribution in [3.63, 3.8) is 0 Å². The molecule has 0 amide bonds. The minimum absolute atomic E-state index is 0.250. The molecule has 2 N–H and O–H groups in total. The summed E-state index contributed by atoms with van der Waals surface area (Å²) >= 11 is 0. The Morgan fingerprint density at radius 3 is 2.11 bits per heavy atom. The maximum atomic E-state index is 12.8. The molecule has 3 heteroatoms. The summed E-state index contributed by atoms with van der Waals surface area (Å²) in [6.45, 7) is 25.4. The molecule has 11 unspecified atom stereocenters. The Morgan fingerprint density at radius 1 is 0.921 bits per heavy atom. The van der Waals surface area contributed by atoms with Crippen molar-refractivity contribution in [3.05, 3.63) is 12.2 Å². The second kappa shape index (κ2) is 11.6. The van der Waals surface area contributed by atoms with Gasteiger partial charge in [-0.2, -0.15) is 0 Å². The van der Waals surface area contributed by atoms with Gasteiger partial charge >= 0.3 is 5.97 Å². The predicted octanol–water partition coefficient (Wildman–Crippen LogP) is 9.39. The highest BCUT2D eigenvalue weighted by molar-refractivity contribution is 5.76. The van der Waals surface area contributed by atoms with Crippen LogP contribution in [0.1, 0.15) is 133 Å². The lowest BCUT2D eigenvalue weighted by Gasteiger charge is -2.72. The number of rotatable bonds is 3. The first-order valence-corrected chi connectivity index (χ1v) is 16.4. The molecule has 0 radical (unpaired) electrons. The van der Waals surface area contributed by atoms with E-state index in [0.717, 1.165) is 49.4 Å². The van der Waals surface area contributed by atoms with Crippen molar-refractivity contribution in [1.29, 1.82) is 0 Å². The summed E-state index contributed by atoms with van der Waals surface area (Å²) in [5, 5.41) is 18.1. The Labute approximate surface area is 235 Å². The van der Waals surface area contributed by atoms with E-state index in [-0.39, 0.29) is 12.0 Å². The van der Waals surface area contributed by atoms with Gasteiger partial charge in [-0.05, 0) is 136 Å². The molecule has 0 heterocycles. The van der Waals surface area contributed by atoms with E-state index >= 15 is 0 Å². The number of aliphatic carboxylic acids is 1. The van der Waals surface area contributed by atoms with E-state index in [4.69, 9.17) is 5.11 Å². The van der Waals surface area contributed by atoms with Crippen LogP contribution in [0.15, 0.2) is 12.2 Å². The molecule has 11 atom stereocenters. The van der Waals surface area contributed by atoms with Crippen LogP contribution in [0.2, 0.25) is 0 Å².